The molecule has 0 fully saturated rings. The minimum Gasteiger partial charge on any atom is -0.387 e. The summed E-state index contributed by atoms with van der Waals surface area (Å²) in [4.78, 5) is 4.33. The third-order valence-electron chi connectivity index (χ3n) is 2.12. The van der Waals surface area contributed by atoms with Gasteiger partial charge in [0.25, 0.3) is 0 Å². The second-order valence-corrected chi connectivity index (χ2v) is 4.14. The fraction of sp³-hybridized carbons (Fsp3) is 0.786. The molecule has 0 saturated heterocycles. The van der Waals surface area contributed by atoms with E-state index in [-0.39, 0.29) is 0 Å². The molecule has 0 heterocycles. The molecule has 2 nitrogen and oxygen atoms in total. The predicted octanol–water partition coefficient (Wildman–Crippen LogP) is 4.38. The van der Waals surface area contributed by atoms with E-state index in [0.29, 0.717) is 0 Å². The molecule has 0 aliphatic carbocycles. The number of hydrogen-bond acceptors (Lipinski definition) is 2. The van der Waals surface area contributed by atoms with Gasteiger partial charge in [0.15, 0.2) is 0 Å². The number of nitrogens with zero attached hydrogens (tertiary/aromatic N) is 1. The van der Waals surface area contributed by atoms with Crippen molar-refractivity contribution in [3.8, 4) is 0 Å². The Morgan fingerprint density at radius 2 is 1.81 bits per heavy atom. The molecule has 0 radical (unpaired) electrons. The number of nitrogens with one attached hydrogen (secondary N) is 1. The highest BCUT2D eigenvalue weighted by Crippen LogP contribution is 1.98. The Morgan fingerprint density at radius 3 is 2.25 bits per heavy atom. The molecule has 0 aliphatic heterocycles. The molecule has 0 aromatic carbocycles. The molecule has 0 unspecified atom stereocenters. The van der Waals surface area contributed by atoms with E-state index < -0.39 is 0 Å². The minimum absolute atomic E-state index is 0.760. The summed E-state index contributed by atoms with van der Waals surface area (Å²) in [5, 5.41) is 3.35. The minimum atomic E-state index is 0.760. The molecule has 0 saturated carbocycles. The molecule has 2 heteroatoms. The van der Waals surface area contributed by atoms with E-state index in [1.165, 1.54) is 12.1 Å². The standard InChI is InChI=1S/C12H24N2.C2H6/c1-6-11(4)14-9-12(5)13-8-7-10(2)3;1-2/h9-10,13H,6-8H2,1-5H3;1-2H3/b12-9-,14-11?;. The Kier molecular flexibility index (Phi) is 13.5. The fourth-order valence-corrected chi connectivity index (χ4v) is 0.902. The van der Waals surface area contributed by atoms with Crippen LogP contribution in [0.5, 0.6) is 0 Å². The third-order valence-corrected chi connectivity index (χ3v) is 2.12. The van der Waals surface area contributed by atoms with Gasteiger partial charge in [-0.1, -0.05) is 34.6 Å². The second-order valence-electron chi connectivity index (χ2n) is 4.14. The molecule has 0 aromatic heterocycles. The highest BCUT2D eigenvalue weighted by Gasteiger charge is 1.93. The fourth-order valence-electron chi connectivity index (χ4n) is 0.902. The van der Waals surface area contributed by atoms with Crippen LogP contribution in [-0.4, -0.2) is 12.3 Å². The van der Waals surface area contributed by atoms with Gasteiger partial charge in [0, 0.05) is 24.2 Å². The van der Waals surface area contributed by atoms with Crippen LogP contribution >= 0.6 is 0 Å². The average molecular weight is 226 g/mol. The van der Waals surface area contributed by atoms with Crippen LogP contribution in [0.1, 0.15) is 61.3 Å². The summed E-state index contributed by atoms with van der Waals surface area (Å²) in [6, 6.07) is 0. The van der Waals surface area contributed by atoms with E-state index in [1.807, 2.05) is 20.0 Å². The molecule has 0 spiro atoms. The molecular formula is C14H30N2. The molecule has 0 rings (SSSR count). The number of allylic oxidation sites excluding steroid dienone is 1. The Balaban J connectivity index is 0. The van der Waals surface area contributed by atoms with Crippen molar-refractivity contribution in [2.24, 2.45) is 10.9 Å². The molecule has 96 valence electrons. The van der Waals surface area contributed by atoms with E-state index in [0.717, 1.165) is 24.6 Å². The Bertz CT molecular complexity index is 203. The summed E-state index contributed by atoms with van der Waals surface area (Å²) in [5.41, 5.74) is 2.33. The van der Waals surface area contributed by atoms with Gasteiger partial charge in [-0.05, 0) is 32.6 Å². The first kappa shape index (κ1) is 17.6. The van der Waals surface area contributed by atoms with Crippen molar-refractivity contribution in [3.63, 3.8) is 0 Å². The molecule has 0 aromatic rings. The van der Waals surface area contributed by atoms with Crippen LogP contribution in [0.4, 0.5) is 0 Å². The maximum absolute atomic E-state index is 4.33. The quantitative estimate of drug-likeness (QED) is 0.668. The summed E-state index contributed by atoms with van der Waals surface area (Å²) < 4.78 is 0. The van der Waals surface area contributed by atoms with Gasteiger partial charge in [-0.25, -0.2) is 0 Å². The summed E-state index contributed by atoms with van der Waals surface area (Å²) in [6.45, 7) is 15.7. The summed E-state index contributed by atoms with van der Waals surface area (Å²) in [5.74, 6) is 0.760. The lowest BCUT2D eigenvalue weighted by molar-refractivity contribution is 0.563. The van der Waals surface area contributed by atoms with Gasteiger partial charge in [0.2, 0.25) is 0 Å². The topological polar surface area (TPSA) is 24.4 Å². The van der Waals surface area contributed by atoms with Gasteiger partial charge in [-0.3, -0.25) is 4.99 Å². The molecule has 0 aliphatic rings. The summed E-state index contributed by atoms with van der Waals surface area (Å²) >= 11 is 0. The maximum atomic E-state index is 4.33. The predicted molar refractivity (Wildman–Crippen MR) is 76.0 cm³/mol. The number of rotatable bonds is 6. The largest absolute Gasteiger partial charge is 0.387 e. The normalized spacial score (nSPS) is 12.2. The highest BCUT2D eigenvalue weighted by atomic mass is 14.9. The van der Waals surface area contributed by atoms with Crippen LogP contribution in [0.3, 0.4) is 0 Å². The monoisotopic (exact) mass is 226 g/mol. The Morgan fingerprint density at radius 1 is 1.25 bits per heavy atom. The zero-order chi connectivity index (χ0) is 13.0. The van der Waals surface area contributed by atoms with Crippen LogP contribution in [0.25, 0.3) is 0 Å². The van der Waals surface area contributed by atoms with E-state index in [9.17, 15) is 0 Å². The van der Waals surface area contributed by atoms with Crippen molar-refractivity contribution < 1.29 is 0 Å². The van der Waals surface area contributed by atoms with E-state index in [4.69, 9.17) is 0 Å². The number of hydrogen-bond donors (Lipinski definition) is 1. The Labute approximate surface area is 102 Å². The lowest BCUT2D eigenvalue weighted by atomic mass is 10.1. The number of aliphatic imine (C=N–C) groups is 1. The molecule has 0 amide bonds. The first-order valence-corrected chi connectivity index (χ1v) is 6.50. The van der Waals surface area contributed by atoms with Gasteiger partial charge in [0.1, 0.15) is 0 Å². The van der Waals surface area contributed by atoms with Crippen LogP contribution in [-0.2, 0) is 0 Å². The molecular weight excluding hydrogens is 196 g/mol. The van der Waals surface area contributed by atoms with E-state index in [1.54, 1.807) is 0 Å². The van der Waals surface area contributed by atoms with Crippen molar-refractivity contribution in [3.05, 3.63) is 11.9 Å². The highest BCUT2D eigenvalue weighted by molar-refractivity contribution is 5.82. The lowest BCUT2D eigenvalue weighted by Gasteiger charge is -2.07. The van der Waals surface area contributed by atoms with Gasteiger partial charge < -0.3 is 5.32 Å². The van der Waals surface area contributed by atoms with Gasteiger partial charge >= 0.3 is 0 Å². The van der Waals surface area contributed by atoms with Crippen LogP contribution in [0, 0.1) is 5.92 Å². The smallest absolute Gasteiger partial charge is 0.0453 e. The van der Waals surface area contributed by atoms with Crippen LogP contribution in [0.2, 0.25) is 0 Å². The Hall–Kier alpha value is -0.790. The molecule has 0 atom stereocenters. The van der Waals surface area contributed by atoms with Crippen LogP contribution in [0.15, 0.2) is 16.9 Å². The van der Waals surface area contributed by atoms with E-state index in [2.05, 4.69) is 44.9 Å². The van der Waals surface area contributed by atoms with Crippen molar-refractivity contribution in [2.45, 2.75) is 61.3 Å². The van der Waals surface area contributed by atoms with Crippen molar-refractivity contribution >= 4 is 5.71 Å². The van der Waals surface area contributed by atoms with Crippen molar-refractivity contribution in [2.75, 3.05) is 6.54 Å². The summed E-state index contributed by atoms with van der Waals surface area (Å²) in [7, 11) is 0. The first-order valence-electron chi connectivity index (χ1n) is 6.50. The van der Waals surface area contributed by atoms with Crippen LogP contribution < -0.4 is 5.32 Å². The molecule has 16 heavy (non-hydrogen) atoms. The average Bonchev–Trinajstić information content (AvgIpc) is 2.28. The SMILES string of the molecule is CC.CCC(C)=N/C=C(/C)NCCC(C)C. The van der Waals surface area contributed by atoms with Gasteiger partial charge in [-0.2, -0.15) is 0 Å². The molecule has 0 bridgehead atoms. The summed E-state index contributed by atoms with van der Waals surface area (Å²) in [6.07, 6.45) is 4.15. The first-order chi connectivity index (χ1) is 7.56. The zero-order valence-corrected chi connectivity index (χ0v) is 12.2. The van der Waals surface area contributed by atoms with Gasteiger partial charge in [-0.15, -0.1) is 0 Å². The van der Waals surface area contributed by atoms with Crippen molar-refractivity contribution in [1.29, 1.82) is 0 Å². The molecule has 1 N–H and O–H groups in total. The van der Waals surface area contributed by atoms with Crippen molar-refractivity contribution in [1.82, 2.24) is 5.32 Å². The van der Waals surface area contributed by atoms with E-state index >= 15 is 0 Å². The lowest BCUT2D eigenvalue weighted by Crippen LogP contribution is -2.14. The zero-order valence-electron chi connectivity index (χ0n) is 12.2. The van der Waals surface area contributed by atoms with Gasteiger partial charge in [0.05, 0.1) is 0 Å². The third kappa shape index (κ3) is 13.2. The maximum Gasteiger partial charge on any atom is 0.0453 e. The second kappa shape index (κ2) is 12.3.